The van der Waals surface area contributed by atoms with Gasteiger partial charge < -0.3 is 20.4 Å². The lowest BCUT2D eigenvalue weighted by molar-refractivity contribution is -0.144. The van der Waals surface area contributed by atoms with Gasteiger partial charge in [0.2, 0.25) is 11.8 Å². The number of benzene rings is 2. The van der Waals surface area contributed by atoms with Crippen LogP contribution in [0.3, 0.4) is 0 Å². The smallest absolute Gasteiger partial charge is 0.234 e. The van der Waals surface area contributed by atoms with Gasteiger partial charge in [0.05, 0.1) is 31.2 Å². The summed E-state index contributed by atoms with van der Waals surface area (Å²) in [5.74, 6) is -2.33. The molecule has 5 rings (SSSR count). The number of likely N-dealkylation sites (tertiary alicyclic amines) is 2. The minimum absolute atomic E-state index is 0.183. The second-order valence-corrected chi connectivity index (χ2v) is 12.6. The molecule has 2 saturated heterocycles. The Morgan fingerprint density at radius 3 is 2.41 bits per heavy atom. The van der Waals surface area contributed by atoms with E-state index >= 15 is 0 Å². The van der Waals surface area contributed by atoms with Crippen LogP contribution in [0.15, 0.2) is 71.3 Å². The molecule has 4 atom stereocenters. The van der Waals surface area contributed by atoms with Crippen LogP contribution >= 0.6 is 0 Å². The third-order valence-electron chi connectivity index (χ3n) is 9.69. The van der Waals surface area contributed by atoms with Gasteiger partial charge in [-0.3, -0.25) is 19.4 Å². The molecule has 8 heteroatoms. The fourth-order valence-corrected chi connectivity index (χ4v) is 7.59. The maximum atomic E-state index is 13.9. The molecule has 236 valence electrons. The van der Waals surface area contributed by atoms with E-state index in [9.17, 15) is 30.0 Å². The topological polar surface area (TPSA) is 122 Å². The molecule has 0 spiro atoms. The quantitative estimate of drug-likeness (QED) is 0.211. The van der Waals surface area contributed by atoms with Crippen LogP contribution in [0, 0.1) is 17.8 Å². The van der Waals surface area contributed by atoms with Gasteiger partial charge in [0.15, 0.2) is 0 Å². The Morgan fingerprint density at radius 1 is 1.00 bits per heavy atom. The Hall–Kier alpha value is -3.30. The van der Waals surface area contributed by atoms with E-state index in [0.717, 1.165) is 43.6 Å². The van der Waals surface area contributed by atoms with Crippen LogP contribution in [0.1, 0.15) is 63.0 Å². The Labute approximate surface area is 260 Å². The van der Waals surface area contributed by atoms with E-state index in [2.05, 4.69) is 24.0 Å². The van der Waals surface area contributed by atoms with Crippen LogP contribution in [0.4, 0.5) is 0 Å². The number of carbonyl (C=O) groups excluding carboxylic acids is 2. The highest BCUT2D eigenvalue weighted by molar-refractivity contribution is 6.06. The maximum absolute atomic E-state index is 13.9. The number of nitrogens with zero attached hydrogens (tertiary/aromatic N) is 2. The molecule has 0 saturated carbocycles. The highest BCUT2D eigenvalue weighted by atomic mass is 16.3. The van der Waals surface area contributed by atoms with Gasteiger partial charge in [0, 0.05) is 31.6 Å². The number of aromatic hydroxyl groups is 1. The van der Waals surface area contributed by atoms with E-state index in [-0.39, 0.29) is 43.2 Å². The van der Waals surface area contributed by atoms with Gasteiger partial charge in [-0.2, -0.15) is 0 Å². The van der Waals surface area contributed by atoms with Crippen molar-refractivity contribution in [2.75, 3.05) is 26.3 Å². The van der Waals surface area contributed by atoms with Crippen LogP contribution in [0.5, 0.6) is 5.75 Å². The largest absolute Gasteiger partial charge is 0.508 e. The van der Waals surface area contributed by atoms with Crippen LogP contribution in [0.2, 0.25) is 0 Å². The molecule has 0 unspecified atom stereocenters. The number of imide groups is 1. The molecule has 0 aromatic heterocycles. The van der Waals surface area contributed by atoms with Crippen molar-refractivity contribution >= 4 is 17.9 Å². The fourth-order valence-electron chi connectivity index (χ4n) is 7.59. The highest BCUT2D eigenvalue weighted by Crippen LogP contribution is 2.47. The van der Waals surface area contributed by atoms with Crippen molar-refractivity contribution in [2.45, 2.75) is 70.6 Å². The molecule has 2 fully saturated rings. The Kier molecular flexibility index (Phi) is 10.7. The first-order chi connectivity index (χ1) is 21.3. The zero-order chi connectivity index (χ0) is 31.2. The van der Waals surface area contributed by atoms with Crippen molar-refractivity contribution in [3.63, 3.8) is 0 Å². The fraction of sp³-hybridized carbons (Fsp3) is 0.500. The minimum atomic E-state index is -0.960. The summed E-state index contributed by atoms with van der Waals surface area (Å²) in [6, 6.07) is 17.1. The molecule has 2 aromatic rings. The number of phenols is 1. The Morgan fingerprint density at radius 2 is 1.75 bits per heavy atom. The zero-order valence-corrected chi connectivity index (χ0v) is 25.6. The third-order valence-corrected chi connectivity index (χ3v) is 9.69. The van der Waals surface area contributed by atoms with E-state index in [1.807, 2.05) is 30.3 Å². The average molecular weight is 603 g/mol. The lowest BCUT2D eigenvalue weighted by atomic mass is 9.68. The predicted molar refractivity (Wildman–Crippen MR) is 169 cm³/mol. The van der Waals surface area contributed by atoms with E-state index in [4.69, 9.17) is 0 Å². The number of hydrogen-bond donors (Lipinski definition) is 4. The van der Waals surface area contributed by atoms with Gasteiger partial charge in [0.25, 0.3) is 0 Å². The number of fused-ring (bicyclic) bond motifs is 1. The second kappa shape index (κ2) is 14.7. The highest BCUT2D eigenvalue weighted by Gasteiger charge is 2.56. The number of carbonyl (C=O) groups is 2. The predicted octanol–water partition coefficient (Wildman–Crippen LogP) is 4.28. The number of aliphatic hydroxyl groups excluding tert-OH is 3. The second-order valence-electron chi connectivity index (χ2n) is 12.6. The van der Waals surface area contributed by atoms with Crippen molar-refractivity contribution in [3.05, 3.63) is 82.4 Å². The average Bonchev–Trinajstić information content (AvgIpc) is 3.28. The number of allylic oxidation sites excluding steroid dienone is 1. The number of amides is 2. The van der Waals surface area contributed by atoms with E-state index < -0.39 is 23.9 Å². The first kappa shape index (κ1) is 32.1. The molecule has 1 aliphatic carbocycles. The van der Waals surface area contributed by atoms with Crippen molar-refractivity contribution in [2.24, 2.45) is 17.8 Å². The first-order valence-corrected chi connectivity index (χ1v) is 16.1. The van der Waals surface area contributed by atoms with Gasteiger partial charge in [-0.05, 0) is 72.9 Å². The van der Waals surface area contributed by atoms with Gasteiger partial charge in [-0.25, -0.2) is 0 Å². The normalized spacial score (nSPS) is 24.2. The van der Waals surface area contributed by atoms with Gasteiger partial charge in [-0.15, -0.1) is 0 Å². The van der Waals surface area contributed by atoms with E-state index in [1.165, 1.54) is 10.5 Å². The molecular formula is C36H46N2O6. The molecule has 0 radical (unpaired) electrons. The molecule has 2 aliphatic heterocycles. The van der Waals surface area contributed by atoms with Crippen LogP contribution in [0.25, 0.3) is 6.08 Å². The van der Waals surface area contributed by atoms with Gasteiger partial charge in [0.1, 0.15) is 5.75 Å². The summed E-state index contributed by atoms with van der Waals surface area (Å²) in [6.07, 6.45) is 5.39. The Balaban J connectivity index is 1.28. The molecular weight excluding hydrogens is 556 g/mol. The van der Waals surface area contributed by atoms with Crippen LogP contribution < -0.4 is 0 Å². The summed E-state index contributed by atoms with van der Waals surface area (Å²) in [5.41, 5.74) is 4.32. The first-order valence-electron chi connectivity index (χ1n) is 16.1. The molecule has 2 amide bonds. The molecule has 4 N–H and O–H groups in total. The van der Waals surface area contributed by atoms with Crippen LogP contribution in [-0.4, -0.2) is 80.5 Å². The maximum Gasteiger partial charge on any atom is 0.234 e. The third kappa shape index (κ3) is 6.99. The van der Waals surface area contributed by atoms with Gasteiger partial charge >= 0.3 is 0 Å². The molecule has 0 bridgehead atoms. The van der Waals surface area contributed by atoms with Crippen LogP contribution in [-0.2, 0) is 16.1 Å². The molecule has 2 heterocycles. The molecule has 8 nitrogen and oxygen atoms in total. The summed E-state index contributed by atoms with van der Waals surface area (Å²) < 4.78 is 0. The standard InChI is InChI=1S/C36H46N2O6/c1-2-7-24(18-26-10-6-11-29(41)19-26)12-13-32(42)33-27(22-39)20-30-34(31(33)23-40)36(44)38(35(30)43)28-14-16-37(17-15-28)21-25-8-4-3-5-9-25/h3-6,8-11,18-19,28,30-32,34,39-42H,2,7,12-17,20-23H2,1H3/b24-18+/t30-,31+,32-,34-/m1/s1. The summed E-state index contributed by atoms with van der Waals surface area (Å²) in [6.45, 7) is 3.79. The number of aliphatic hydroxyl groups is 3. The minimum Gasteiger partial charge on any atom is -0.508 e. The molecule has 44 heavy (non-hydrogen) atoms. The summed E-state index contributed by atoms with van der Waals surface area (Å²) in [5, 5.41) is 42.3. The van der Waals surface area contributed by atoms with Crippen molar-refractivity contribution in [1.29, 1.82) is 0 Å². The summed E-state index contributed by atoms with van der Waals surface area (Å²) >= 11 is 0. The number of hydrogen-bond acceptors (Lipinski definition) is 7. The summed E-state index contributed by atoms with van der Waals surface area (Å²) in [4.78, 5) is 31.5. The molecule has 3 aliphatic rings. The van der Waals surface area contributed by atoms with Crippen molar-refractivity contribution in [3.8, 4) is 5.75 Å². The monoisotopic (exact) mass is 602 g/mol. The van der Waals surface area contributed by atoms with Crippen molar-refractivity contribution < 1.29 is 30.0 Å². The van der Waals surface area contributed by atoms with Gasteiger partial charge in [-0.1, -0.05) is 67.5 Å². The van der Waals surface area contributed by atoms with E-state index in [0.29, 0.717) is 36.8 Å². The lowest BCUT2D eigenvalue weighted by Crippen LogP contribution is -2.47. The van der Waals surface area contributed by atoms with E-state index in [1.54, 1.807) is 18.2 Å². The summed E-state index contributed by atoms with van der Waals surface area (Å²) in [7, 11) is 0. The van der Waals surface area contributed by atoms with Crippen molar-refractivity contribution in [1.82, 2.24) is 9.80 Å². The number of piperidine rings is 1. The molecule has 2 aromatic carbocycles. The Bertz CT molecular complexity index is 1360. The lowest BCUT2D eigenvalue weighted by Gasteiger charge is -2.36. The zero-order valence-electron chi connectivity index (χ0n) is 25.6. The number of phenolic OH excluding ortho intramolecular Hbond substituents is 1. The number of rotatable bonds is 12. The SMILES string of the molecule is CCC/C(=C\c1cccc(O)c1)CC[C@@H](O)C1=C(CO)C[C@H]2C(=O)N(C3CCN(Cc4ccccc4)CC3)C(=O)[C@H]2[C@H]1CO.